The first-order valence-electron chi connectivity index (χ1n) is 10.6. The third-order valence-corrected chi connectivity index (χ3v) is 5.28. The molecule has 0 fully saturated rings. The van der Waals surface area contributed by atoms with Crippen LogP contribution < -0.4 is 5.32 Å². The lowest BCUT2D eigenvalue weighted by molar-refractivity contribution is 0.0953. The Hall–Kier alpha value is -4.27. The van der Waals surface area contributed by atoms with Crippen LogP contribution in [-0.4, -0.2) is 43.1 Å². The average molecular weight is 441 g/mol. The number of aliphatic imine (C=N–C) groups is 1. The predicted octanol–water partition coefficient (Wildman–Crippen LogP) is 3.89. The maximum absolute atomic E-state index is 13.5. The zero-order chi connectivity index (χ0) is 22.6. The predicted molar refractivity (Wildman–Crippen MR) is 123 cm³/mol. The molecule has 0 atom stereocenters. The molecule has 9 heteroatoms. The number of hydrogen-bond donors (Lipinski definition) is 1. The summed E-state index contributed by atoms with van der Waals surface area (Å²) in [5.41, 5.74) is 3.92. The maximum Gasteiger partial charge on any atom is 0.251 e. The lowest BCUT2D eigenvalue weighted by Gasteiger charge is -2.10. The van der Waals surface area contributed by atoms with Crippen molar-refractivity contribution in [2.24, 2.45) is 4.99 Å². The number of allylic oxidation sites excluding steroid dienone is 1. The van der Waals surface area contributed by atoms with Crippen LogP contribution in [0.3, 0.4) is 0 Å². The SMILES string of the molecule is O=C(NCCCC1=NC=CC1)c1ccc2nc(-n3nccn3)c(-c3ccc(F)cc3)nc2c1. The Labute approximate surface area is 188 Å². The van der Waals surface area contributed by atoms with Crippen molar-refractivity contribution in [3.8, 4) is 17.1 Å². The van der Waals surface area contributed by atoms with Gasteiger partial charge < -0.3 is 5.32 Å². The molecule has 1 N–H and O–H groups in total. The number of nitrogens with zero attached hydrogens (tertiary/aromatic N) is 6. The molecule has 2 aromatic carbocycles. The Bertz CT molecular complexity index is 1360. The average Bonchev–Trinajstić information content (AvgIpc) is 3.56. The molecule has 0 spiro atoms. The Morgan fingerprint density at radius 2 is 1.85 bits per heavy atom. The molecule has 0 aliphatic carbocycles. The number of rotatable bonds is 7. The highest BCUT2D eigenvalue weighted by Gasteiger charge is 2.16. The van der Waals surface area contributed by atoms with Crippen molar-refractivity contribution in [1.29, 1.82) is 0 Å². The summed E-state index contributed by atoms with van der Waals surface area (Å²) >= 11 is 0. The molecular weight excluding hydrogens is 421 g/mol. The number of carbonyl (C=O) groups is 1. The first kappa shape index (κ1) is 20.6. The van der Waals surface area contributed by atoms with Gasteiger partial charge in [-0.25, -0.2) is 14.4 Å². The zero-order valence-electron chi connectivity index (χ0n) is 17.6. The van der Waals surface area contributed by atoms with Gasteiger partial charge in [-0.1, -0.05) is 6.08 Å². The molecule has 1 aliphatic rings. The molecule has 1 aliphatic heterocycles. The minimum absolute atomic E-state index is 0.175. The second kappa shape index (κ2) is 9.07. The molecule has 164 valence electrons. The van der Waals surface area contributed by atoms with E-state index >= 15 is 0 Å². The molecule has 1 amide bonds. The number of benzene rings is 2. The van der Waals surface area contributed by atoms with Crippen LogP contribution in [0.5, 0.6) is 0 Å². The first-order chi connectivity index (χ1) is 16.2. The fourth-order valence-corrected chi connectivity index (χ4v) is 3.61. The molecule has 3 heterocycles. The smallest absolute Gasteiger partial charge is 0.251 e. The molecule has 4 aromatic rings. The number of amides is 1. The van der Waals surface area contributed by atoms with Crippen molar-refractivity contribution in [1.82, 2.24) is 30.3 Å². The summed E-state index contributed by atoms with van der Waals surface area (Å²) in [5.74, 6) is -0.103. The van der Waals surface area contributed by atoms with Crippen LogP contribution in [0, 0.1) is 5.82 Å². The van der Waals surface area contributed by atoms with Crippen LogP contribution in [0.1, 0.15) is 29.6 Å². The quantitative estimate of drug-likeness (QED) is 0.439. The van der Waals surface area contributed by atoms with E-state index in [-0.39, 0.29) is 11.7 Å². The summed E-state index contributed by atoms with van der Waals surface area (Å²) in [6.07, 6.45) is 9.52. The standard InChI is InChI=1S/C24H20FN7O/c25-18-8-5-16(6-9-18)22-23(32-28-13-14-29-32)31-20-10-7-17(15-21(20)30-22)24(33)27-12-2-4-19-3-1-11-26-19/h1,5-11,13-15H,2-4,12H2,(H,27,33). The van der Waals surface area contributed by atoms with Crippen molar-refractivity contribution in [2.75, 3.05) is 6.54 Å². The minimum atomic E-state index is -0.346. The van der Waals surface area contributed by atoms with Crippen LogP contribution in [0.25, 0.3) is 28.1 Å². The molecule has 5 rings (SSSR count). The summed E-state index contributed by atoms with van der Waals surface area (Å²) in [7, 11) is 0. The second-order valence-corrected chi connectivity index (χ2v) is 7.57. The van der Waals surface area contributed by atoms with Gasteiger partial charge in [0.2, 0.25) is 5.82 Å². The molecule has 0 radical (unpaired) electrons. The van der Waals surface area contributed by atoms with E-state index < -0.39 is 0 Å². The zero-order valence-corrected chi connectivity index (χ0v) is 17.6. The van der Waals surface area contributed by atoms with Crippen molar-refractivity contribution in [3.63, 3.8) is 0 Å². The largest absolute Gasteiger partial charge is 0.352 e. The van der Waals surface area contributed by atoms with Gasteiger partial charge in [0, 0.05) is 36.0 Å². The van der Waals surface area contributed by atoms with E-state index in [2.05, 4.69) is 25.5 Å². The molecular formula is C24H20FN7O. The van der Waals surface area contributed by atoms with E-state index in [9.17, 15) is 9.18 Å². The van der Waals surface area contributed by atoms with Gasteiger partial charge in [0.25, 0.3) is 5.91 Å². The van der Waals surface area contributed by atoms with Crippen molar-refractivity contribution in [2.45, 2.75) is 19.3 Å². The van der Waals surface area contributed by atoms with Crippen LogP contribution in [0.15, 0.2) is 72.1 Å². The van der Waals surface area contributed by atoms with Crippen LogP contribution in [0.2, 0.25) is 0 Å². The molecule has 0 saturated heterocycles. The highest BCUT2D eigenvalue weighted by Crippen LogP contribution is 2.26. The minimum Gasteiger partial charge on any atom is -0.352 e. The Balaban J connectivity index is 1.41. The van der Waals surface area contributed by atoms with Crippen LogP contribution in [0.4, 0.5) is 4.39 Å². The summed E-state index contributed by atoms with van der Waals surface area (Å²) < 4.78 is 13.5. The lowest BCUT2D eigenvalue weighted by atomic mass is 10.1. The Morgan fingerprint density at radius 1 is 1.03 bits per heavy atom. The van der Waals surface area contributed by atoms with Crippen molar-refractivity contribution < 1.29 is 9.18 Å². The van der Waals surface area contributed by atoms with E-state index in [1.54, 1.807) is 42.7 Å². The van der Waals surface area contributed by atoms with Crippen LogP contribution in [-0.2, 0) is 0 Å². The monoisotopic (exact) mass is 441 g/mol. The first-order valence-corrected chi connectivity index (χ1v) is 10.6. The molecule has 8 nitrogen and oxygen atoms in total. The van der Waals surface area contributed by atoms with E-state index in [4.69, 9.17) is 4.98 Å². The van der Waals surface area contributed by atoms with E-state index in [0.29, 0.717) is 40.2 Å². The number of nitrogens with one attached hydrogen (secondary N) is 1. The topological polar surface area (TPSA) is 98.0 Å². The van der Waals surface area contributed by atoms with E-state index in [1.807, 2.05) is 12.3 Å². The number of hydrogen-bond acceptors (Lipinski definition) is 6. The number of halogens is 1. The summed E-state index contributed by atoms with van der Waals surface area (Å²) in [6.45, 7) is 0.562. The van der Waals surface area contributed by atoms with Gasteiger partial charge in [-0.3, -0.25) is 9.79 Å². The van der Waals surface area contributed by atoms with Gasteiger partial charge in [-0.2, -0.15) is 10.2 Å². The van der Waals surface area contributed by atoms with Gasteiger partial charge in [-0.05, 0) is 55.3 Å². The summed E-state index contributed by atoms with van der Waals surface area (Å²) in [6, 6.07) is 11.1. The summed E-state index contributed by atoms with van der Waals surface area (Å²) in [5, 5.41) is 11.3. The number of aromatic nitrogens is 5. The van der Waals surface area contributed by atoms with E-state index in [1.165, 1.54) is 16.9 Å². The number of fused-ring (bicyclic) bond motifs is 1. The van der Waals surface area contributed by atoms with Gasteiger partial charge >= 0.3 is 0 Å². The van der Waals surface area contributed by atoms with E-state index in [0.717, 1.165) is 25.0 Å². The lowest BCUT2D eigenvalue weighted by Crippen LogP contribution is -2.24. The third-order valence-electron chi connectivity index (χ3n) is 5.28. The summed E-state index contributed by atoms with van der Waals surface area (Å²) in [4.78, 5) is 27.7. The van der Waals surface area contributed by atoms with Crippen LogP contribution >= 0.6 is 0 Å². The van der Waals surface area contributed by atoms with Gasteiger partial charge in [0.15, 0.2) is 0 Å². The highest BCUT2D eigenvalue weighted by atomic mass is 19.1. The van der Waals surface area contributed by atoms with Crippen molar-refractivity contribution in [3.05, 3.63) is 78.5 Å². The molecule has 0 bridgehead atoms. The highest BCUT2D eigenvalue weighted by molar-refractivity contribution is 5.97. The molecule has 0 saturated carbocycles. The molecule has 2 aromatic heterocycles. The fourth-order valence-electron chi connectivity index (χ4n) is 3.61. The number of carbonyl (C=O) groups excluding carboxylic acids is 1. The Kier molecular flexibility index (Phi) is 5.67. The molecule has 0 unspecified atom stereocenters. The third kappa shape index (κ3) is 4.52. The fraction of sp³-hybridized carbons (Fsp3) is 0.167. The maximum atomic E-state index is 13.5. The van der Waals surface area contributed by atoms with Gasteiger partial charge in [0.1, 0.15) is 11.5 Å². The molecule has 33 heavy (non-hydrogen) atoms. The normalized spacial score (nSPS) is 12.8. The van der Waals surface area contributed by atoms with Gasteiger partial charge in [0.05, 0.1) is 23.4 Å². The van der Waals surface area contributed by atoms with Gasteiger partial charge in [-0.15, -0.1) is 4.80 Å². The second-order valence-electron chi connectivity index (χ2n) is 7.57. The van der Waals surface area contributed by atoms with Crippen molar-refractivity contribution >= 4 is 22.7 Å². The Morgan fingerprint density at radius 3 is 2.61 bits per heavy atom.